The number of urea groups is 1. The number of anilines is 1. The van der Waals surface area contributed by atoms with Gasteiger partial charge in [0.05, 0.1) is 22.3 Å². The smallest absolute Gasteiger partial charge is 0.319 e. The van der Waals surface area contributed by atoms with Gasteiger partial charge < -0.3 is 16.0 Å². The first-order valence-corrected chi connectivity index (χ1v) is 7.93. The minimum atomic E-state index is -0.905. The Bertz CT molecular complexity index is 882. The van der Waals surface area contributed by atoms with Crippen LogP contribution >= 0.6 is 11.6 Å². The molecular weight excluding hydrogens is 345 g/mol. The van der Waals surface area contributed by atoms with Gasteiger partial charge >= 0.3 is 6.03 Å². The molecule has 3 rings (SSSR count). The summed E-state index contributed by atoms with van der Waals surface area (Å²) < 4.78 is 14.2. The Morgan fingerprint density at radius 2 is 1.84 bits per heavy atom. The van der Waals surface area contributed by atoms with Gasteiger partial charge in [-0.15, -0.1) is 0 Å². The minimum Gasteiger partial charge on any atom is -0.327 e. The molecule has 2 aromatic carbocycles. The summed E-state index contributed by atoms with van der Waals surface area (Å²) in [6, 6.07) is 11.4. The van der Waals surface area contributed by atoms with E-state index in [2.05, 4.69) is 16.0 Å². The summed E-state index contributed by atoms with van der Waals surface area (Å²) in [5, 5.41) is 8.22. The molecule has 0 unspecified atom stereocenters. The molecule has 1 atom stereocenters. The van der Waals surface area contributed by atoms with Crippen molar-refractivity contribution in [3.63, 3.8) is 0 Å². The number of amides is 3. The Hall–Kier alpha value is -2.86. The molecule has 7 heteroatoms. The van der Waals surface area contributed by atoms with E-state index in [1.807, 2.05) is 0 Å². The molecule has 0 radical (unpaired) electrons. The van der Waals surface area contributed by atoms with E-state index < -0.39 is 23.8 Å². The first kappa shape index (κ1) is 17.0. The van der Waals surface area contributed by atoms with Crippen molar-refractivity contribution in [1.82, 2.24) is 10.6 Å². The number of nitrogens with one attached hydrogen (secondary N) is 3. The molecule has 1 aliphatic rings. The van der Waals surface area contributed by atoms with Gasteiger partial charge in [0.15, 0.2) is 0 Å². The number of carbonyl (C=O) groups is 2. The van der Waals surface area contributed by atoms with Crippen LogP contribution in [-0.2, 0) is 4.79 Å². The normalized spacial score (nSPS) is 16.9. The van der Waals surface area contributed by atoms with E-state index in [0.717, 1.165) is 0 Å². The Balaban J connectivity index is 1.99. The van der Waals surface area contributed by atoms with Crippen LogP contribution in [0, 0.1) is 5.82 Å². The van der Waals surface area contributed by atoms with Crippen molar-refractivity contribution in [2.24, 2.45) is 0 Å². The summed E-state index contributed by atoms with van der Waals surface area (Å²) in [6.45, 7) is 1.59. The maximum Gasteiger partial charge on any atom is 0.319 e. The lowest BCUT2D eigenvalue weighted by molar-refractivity contribution is -0.113. The van der Waals surface area contributed by atoms with Gasteiger partial charge in [-0.25, -0.2) is 9.18 Å². The molecule has 1 aliphatic heterocycles. The van der Waals surface area contributed by atoms with Crippen LogP contribution in [0.25, 0.3) is 0 Å². The number of rotatable bonds is 3. The molecular formula is C18H15ClFN3O2. The maximum absolute atomic E-state index is 14.2. The van der Waals surface area contributed by atoms with Crippen LogP contribution in [0.2, 0.25) is 5.02 Å². The van der Waals surface area contributed by atoms with E-state index in [1.165, 1.54) is 12.1 Å². The van der Waals surface area contributed by atoms with Crippen LogP contribution < -0.4 is 16.0 Å². The van der Waals surface area contributed by atoms with Gasteiger partial charge in [-0.05, 0) is 25.1 Å². The second-order valence-electron chi connectivity index (χ2n) is 5.53. The summed E-state index contributed by atoms with van der Waals surface area (Å²) in [6.07, 6.45) is 0. The Labute approximate surface area is 148 Å². The number of allylic oxidation sites excluding steroid dienone is 1. The van der Waals surface area contributed by atoms with Crippen molar-refractivity contribution < 1.29 is 14.0 Å². The Kier molecular flexibility index (Phi) is 4.72. The zero-order chi connectivity index (χ0) is 18.0. The predicted octanol–water partition coefficient (Wildman–Crippen LogP) is 3.75. The molecule has 0 bridgehead atoms. The number of halogens is 2. The minimum absolute atomic E-state index is 0.209. The highest BCUT2D eigenvalue weighted by atomic mass is 35.5. The number of carbonyl (C=O) groups excluding carboxylic acids is 2. The summed E-state index contributed by atoms with van der Waals surface area (Å²) in [5.74, 6) is -0.989. The van der Waals surface area contributed by atoms with Crippen LogP contribution in [0.5, 0.6) is 0 Å². The van der Waals surface area contributed by atoms with E-state index in [0.29, 0.717) is 16.4 Å². The standard InChI is InChI=1S/C18H15ClFN3O2/c1-10-15(17(24)22-14-9-5-3-7-12(14)19)16(23-18(25)21-10)11-6-2-4-8-13(11)20/h2-9,16H,1H3,(H,22,24)(H2,21,23,25)/t16-/m0/s1. The first-order valence-electron chi connectivity index (χ1n) is 7.56. The lowest BCUT2D eigenvalue weighted by Gasteiger charge is -2.29. The van der Waals surface area contributed by atoms with Gasteiger partial charge in [-0.1, -0.05) is 41.9 Å². The molecule has 0 saturated carbocycles. The molecule has 2 aromatic rings. The SMILES string of the molecule is CC1=C(C(=O)Nc2ccccc2Cl)[C@H](c2ccccc2F)NC(=O)N1. The monoisotopic (exact) mass is 359 g/mol. The molecule has 5 nitrogen and oxygen atoms in total. The van der Waals surface area contributed by atoms with E-state index in [-0.39, 0.29) is 11.1 Å². The van der Waals surface area contributed by atoms with Crippen molar-refractivity contribution in [2.75, 3.05) is 5.32 Å². The Morgan fingerprint density at radius 3 is 2.56 bits per heavy atom. The largest absolute Gasteiger partial charge is 0.327 e. The molecule has 3 N–H and O–H groups in total. The number of benzene rings is 2. The van der Waals surface area contributed by atoms with Crippen LogP contribution in [0.3, 0.4) is 0 Å². The van der Waals surface area contributed by atoms with E-state index >= 15 is 0 Å². The van der Waals surface area contributed by atoms with Crippen LogP contribution in [0.15, 0.2) is 59.8 Å². The van der Waals surface area contributed by atoms with Crippen LogP contribution in [-0.4, -0.2) is 11.9 Å². The van der Waals surface area contributed by atoms with Gasteiger partial charge in [0.1, 0.15) is 5.82 Å². The topological polar surface area (TPSA) is 70.2 Å². The van der Waals surface area contributed by atoms with Gasteiger partial charge in [-0.3, -0.25) is 4.79 Å². The zero-order valence-electron chi connectivity index (χ0n) is 13.3. The van der Waals surface area contributed by atoms with Crippen molar-refractivity contribution in [2.45, 2.75) is 13.0 Å². The molecule has 1 heterocycles. The number of hydrogen-bond donors (Lipinski definition) is 3. The fourth-order valence-electron chi connectivity index (χ4n) is 2.69. The summed E-state index contributed by atoms with van der Waals surface area (Å²) in [4.78, 5) is 24.6. The highest BCUT2D eigenvalue weighted by molar-refractivity contribution is 6.33. The molecule has 3 amide bonds. The van der Waals surface area contributed by atoms with Crippen LogP contribution in [0.1, 0.15) is 18.5 Å². The van der Waals surface area contributed by atoms with Gasteiger partial charge in [0.2, 0.25) is 0 Å². The maximum atomic E-state index is 14.2. The number of para-hydroxylation sites is 1. The lowest BCUT2D eigenvalue weighted by atomic mass is 9.94. The molecule has 0 saturated heterocycles. The molecule has 0 fully saturated rings. The zero-order valence-corrected chi connectivity index (χ0v) is 14.0. The second kappa shape index (κ2) is 6.94. The van der Waals surface area contributed by atoms with E-state index in [1.54, 1.807) is 43.3 Å². The predicted molar refractivity (Wildman–Crippen MR) is 93.6 cm³/mol. The number of hydrogen-bond acceptors (Lipinski definition) is 2. The molecule has 0 spiro atoms. The lowest BCUT2D eigenvalue weighted by Crippen LogP contribution is -2.46. The molecule has 25 heavy (non-hydrogen) atoms. The fraction of sp³-hybridized carbons (Fsp3) is 0.111. The molecule has 128 valence electrons. The van der Waals surface area contributed by atoms with E-state index in [9.17, 15) is 14.0 Å². The summed E-state index contributed by atoms with van der Waals surface area (Å²) in [5.41, 5.74) is 1.20. The highest BCUT2D eigenvalue weighted by Gasteiger charge is 2.32. The van der Waals surface area contributed by atoms with Crippen molar-refractivity contribution in [3.8, 4) is 0 Å². The fourth-order valence-corrected chi connectivity index (χ4v) is 2.87. The average Bonchev–Trinajstić information content (AvgIpc) is 2.56. The highest BCUT2D eigenvalue weighted by Crippen LogP contribution is 2.30. The third kappa shape index (κ3) is 3.49. The van der Waals surface area contributed by atoms with Crippen LogP contribution in [0.4, 0.5) is 14.9 Å². The Morgan fingerprint density at radius 1 is 1.16 bits per heavy atom. The molecule has 0 aromatic heterocycles. The van der Waals surface area contributed by atoms with E-state index in [4.69, 9.17) is 11.6 Å². The molecule has 0 aliphatic carbocycles. The third-order valence-corrected chi connectivity index (χ3v) is 4.18. The van der Waals surface area contributed by atoms with Gasteiger partial charge in [0, 0.05) is 11.3 Å². The van der Waals surface area contributed by atoms with Crippen molar-refractivity contribution in [1.29, 1.82) is 0 Å². The second-order valence-corrected chi connectivity index (χ2v) is 5.93. The quantitative estimate of drug-likeness (QED) is 0.781. The van der Waals surface area contributed by atoms with Crippen molar-refractivity contribution >= 4 is 29.2 Å². The van der Waals surface area contributed by atoms with Crippen molar-refractivity contribution in [3.05, 3.63) is 76.2 Å². The summed E-state index contributed by atoms with van der Waals surface area (Å²) in [7, 11) is 0. The first-order chi connectivity index (χ1) is 12.0. The average molecular weight is 360 g/mol. The van der Waals surface area contributed by atoms with Gasteiger partial charge in [0.25, 0.3) is 5.91 Å². The summed E-state index contributed by atoms with van der Waals surface area (Å²) >= 11 is 6.07. The third-order valence-electron chi connectivity index (χ3n) is 3.85. The van der Waals surface area contributed by atoms with Gasteiger partial charge in [-0.2, -0.15) is 0 Å².